The molecule has 0 saturated carbocycles. The van der Waals surface area contributed by atoms with Gasteiger partial charge in [0, 0.05) is 10.5 Å². The van der Waals surface area contributed by atoms with Crippen LogP contribution in [0, 0.1) is 10.1 Å². The average Bonchev–Trinajstić information content (AvgIpc) is 2.40. The monoisotopic (exact) mass is 415 g/mol. The lowest BCUT2D eigenvalue weighted by molar-refractivity contribution is -0.384. The maximum atomic E-state index is 10.9. The SMILES string of the molecule is O=C(O)c1ccc(Oc2cc([N+](=O)[O-])ccc2Br)cc1Br. The summed E-state index contributed by atoms with van der Waals surface area (Å²) in [5, 5.41) is 19.7. The van der Waals surface area contributed by atoms with Crippen LogP contribution >= 0.6 is 31.9 Å². The summed E-state index contributed by atoms with van der Waals surface area (Å²) in [5.74, 6) is -0.447. The molecule has 0 radical (unpaired) electrons. The van der Waals surface area contributed by atoms with Gasteiger partial charge in [-0.05, 0) is 56.1 Å². The van der Waals surface area contributed by atoms with Gasteiger partial charge in [0.1, 0.15) is 11.5 Å². The van der Waals surface area contributed by atoms with E-state index in [1.165, 1.54) is 36.4 Å². The quantitative estimate of drug-likeness (QED) is 0.580. The molecule has 0 spiro atoms. The molecule has 0 bridgehead atoms. The molecule has 2 aromatic rings. The summed E-state index contributed by atoms with van der Waals surface area (Å²) in [5.41, 5.74) is -0.00474. The zero-order chi connectivity index (χ0) is 15.6. The molecule has 0 saturated heterocycles. The molecule has 108 valence electrons. The molecular formula is C13H7Br2NO5. The summed E-state index contributed by atoms with van der Waals surface area (Å²) in [6.07, 6.45) is 0. The summed E-state index contributed by atoms with van der Waals surface area (Å²) in [7, 11) is 0. The molecule has 0 heterocycles. The van der Waals surface area contributed by atoms with E-state index >= 15 is 0 Å². The van der Waals surface area contributed by atoms with Gasteiger partial charge in [-0.15, -0.1) is 0 Å². The number of hydrogen-bond donors (Lipinski definition) is 1. The lowest BCUT2D eigenvalue weighted by Gasteiger charge is -2.09. The van der Waals surface area contributed by atoms with E-state index in [1.807, 2.05) is 0 Å². The number of nitrogens with zero attached hydrogens (tertiary/aromatic N) is 1. The van der Waals surface area contributed by atoms with Crippen molar-refractivity contribution in [2.24, 2.45) is 0 Å². The van der Waals surface area contributed by atoms with E-state index in [0.717, 1.165) is 0 Å². The summed E-state index contributed by atoms with van der Waals surface area (Å²) in [6, 6.07) is 8.47. The van der Waals surface area contributed by atoms with E-state index < -0.39 is 10.9 Å². The van der Waals surface area contributed by atoms with Crippen LogP contribution < -0.4 is 4.74 Å². The van der Waals surface area contributed by atoms with Gasteiger partial charge in [0.15, 0.2) is 0 Å². The zero-order valence-electron chi connectivity index (χ0n) is 10.2. The zero-order valence-corrected chi connectivity index (χ0v) is 13.4. The maximum Gasteiger partial charge on any atom is 0.336 e. The minimum atomic E-state index is -1.06. The highest BCUT2D eigenvalue weighted by molar-refractivity contribution is 9.10. The van der Waals surface area contributed by atoms with Crippen molar-refractivity contribution in [1.82, 2.24) is 0 Å². The molecule has 8 heteroatoms. The third-order valence-corrected chi connectivity index (χ3v) is 3.84. The number of ether oxygens (including phenoxy) is 1. The Labute approximate surface area is 135 Å². The minimum Gasteiger partial charge on any atom is -0.478 e. The van der Waals surface area contributed by atoms with Crippen molar-refractivity contribution in [3.05, 3.63) is 61.0 Å². The van der Waals surface area contributed by atoms with Crippen molar-refractivity contribution < 1.29 is 19.6 Å². The van der Waals surface area contributed by atoms with Crippen LogP contribution in [0.2, 0.25) is 0 Å². The number of carboxylic acids is 1. The molecule has 2 aromatic carbocycles. The predicted octanol–water partition coefficient (Wildman–Crippen LogP) is 4.61. The lowest BCUT2D eigenvalue weighted by atomic mass is 10.2. The van der Waals surface area contributed by atoms with Gasteiger partial charge in [0.2, 0.25) is 0 Å². The fourth-order valence-electron chi connectivity index (χ4n) is 1.54. The Balaban J connectivity index is 2.34. The Hall–Kier alpha value is -1.93. The number of rotatable bonds is 4. The first-order valence-electron chi connectivity index (χ1n) is 5.53. The fraction of sp³-hybridized carbons (Fsp3) is 0. The second kappa shape index (κ2) is 6.23. The number of carboxylic acid groups (broad SMARTS) is 1. The van der Waals surface area contributed by atoms with Gasteiger partial charge in [0.05, 0.1) is 21.0 Å². The fourth-order valence-corrected chi connectivity index (χ4v) is 2.40. The molecule has 1 N–H and O–H groups in total. The number of hydrogen-bond acceptors (Lipinski definition) is 4. The topological polar surface area (TPSA) is 89.7 Å². The van der Waals surface area contributed by atoms with E-state index in [-0.39, 0.29) is 17.0 Å². The van der Waals surface area contributed by atoms with Crippen LogP contribution in [0.1, 0.15) is 10.4 Å². The highest BCUT2D eigenvalue weighted by atomic mass is 79.9. The molecule has 0 aromatic heterocycles. The second-order valence-corrected chi connectivity index (χ2v) is 5.63. The van der Waals surface area contributed by atoms with Gasteiger partial charge >= 0.3 is 5.97 Å². The molecular weight excluding hydrogens is 410 g/mol. The van der Waals surface area contributed by atoms with Gasteiger partial charge in [-0.2, -0.15) is 0 Å². The lowest BCUT2D eigenvalue weighted by Crippen LogP contribution is -1.97. The molecule has 0 atom stereocenters. The molecule has 0 aliphatic rings. The van der Waals surface area contributed by atoms with Crippen molar-refractivity contribution in [3.8, 4) is 11.5 Å². The Morgan fingerprint density at radius 2 is 1.86 bits per heavy atom. The first-order chi connectivity index (χ1) is 9.88. The van der Waals surface area contributed by atoms with Crippen LogP contribution in [-0.2, 0) is 0 Å². The summed E-state index contributed by atoms with van der Waals surface area (Å²) < 4.78 is 6.44. The van der Waals surface area contributed by atoms with Crippen LogP contribution in [0.4, 0.5) is 5.69 Å². The van der Waals surface area contributed by atoms with Crippen LogP contribution in [0.5, 0.6) is 11.5 Å². The molecule has 2 rings (SSSR count). The van der Waals surface area contributed by atoms with Crippen LogP contribution in [0.3, 0.4) is 0 Å². The van der Waals surface area contributed by atoms with Gasteiger partial charge in [-0.1, -0.05) is 0 Å². The Morgan fingerprint density at radius 3 is 2.43 bits per heavy atom. The van der Waals surface area contributed by atoms with Crippen molar-refractivity contribution in [3.63, 3.8) is 0 Å². The number of non-ortho nitro benzene ring substituents is 1. The largest absolute Gasteiger partial charge is 0.478 e. The molecule has 0 unspecified atom stereocenters. The van der Waals surface area contributed by atoms with E-state index in [1.54, 1.807) is 0 Å². The van der Waals surface area contributed by atoms with E-state index in [2.05, 4.69) is 31.9 Å². The summed E-state index contributed by atoms with van der Waals surface area (Å²) >= 11 is 6.38. The van der Waals surface area contributed by atoms with Crippen LogP contribution in [0.25, 0.3) is 0 Å². The second-order valence-electron chi connectivity index (χ2n) is 3.92. The predicted molar refractivity (Wildman–Crippen MR) is 82.0 cm³/mol. The van der Waals surface area contributed by atoms with Crippen molar-refractivity contribution in [2.45, 2.75) is 0 Å². The third-order valence-electron chi connectivity index (χ3n) is 2.52. The van der Waals surface area contributed by atoms with Crippen molar-refractivity contribution >= 4 is 43.5 Å². The molecule has 0 amide bonds. The molecule has 0 fully saturated rings. The standard InChI is InChI=1S/C13H7Br2NO5/c14-10-4-1-7(16(19)20)5-12(10)21-8-2-3-9(13(17)18)11(15)6-8/h1-6H,(H,17,18). The van der Waals surface area contributed by atoms with Gasteiger partial charge in [0.25, 0.3) is 5.69 Å². The average molecular weight is 417 g/mol. The number of nitro benzene ring substituents is 1. The van der Waals surface area contributed by atoms with Crippen molar-refractivity contribution in [2.75, 3.05) is 0 Å². The van der Waals surface area contributed by atoms with Gasteiger partial charge in [-0.3, -0.25) is 10.1 Å². The molecule has 0 aliphatic heterocycles. The van der Waals surface area contributed by atoms with Crippen LogP contribution in [-0.4, -0.2) is 16.0 Å². The Morgan fingerprint density at radius 1 is 1.14 bits per heavy atom. The number of aromatic carboxylic acids is 1. The number of nitro groups is 1. The minimum absolute atomic E-state index is 0.0976. The number of halogens is 2. The smallest absolute Gasteiger partial charge is 0.336 e. The molecule has 21 heavy (non-hydrogen) atoms. The van der Waals surface area contributed by atoms with E-state index in [0.29, 0.717) is 14.7 Å². The first kappa shape index (κ1) is 15.5. The number of benzene rings is 2. The number of carbonyl (C=O) groups is 1. The highest BCUT2D eigenvalue weighted by Crippen LogP contribution is 2.34. The highest BCUT2D eigenvalue weighted by Gasteiger charge is 2.13. The Kier molecular flexibility index (Phi) is 4.59. The van der Waals surface area contributed by atoms with Gasteiger partial charge < -0.3 is 9.84 Å². The normalized spacial score (nSPS) is 10.2. The Bertz CT molecular complexity index is 732. The third kappa shape index (κ3) is 3.59. The summed E-state index contributed by atoms with van der Waals surface area (Å²) in [4.78, 5) is 21.1. The van der Waals surface area contributed by atoms with Gasteiger partial charge in [-0.25, -0.2) is 4.79 Å². The molecule has 6 nitrogen and oxygen atoms in total. The van der Waals surface area contributed by atoms with E-state index in [9.17, 15) is 14.9 Å². The maximum absolute atomic E-state index is 10.9. The van der Waals surface area contributed by atoms with Crippen LogP contribution in [0.15, 0.2) is 45.3 Å². The summed E-state index contributed by atoms with van der Waals surface area (Å²) in [6.45, 7) is 0. The van der Waals surface area contributed by atoms with Crippen molar-refractivity contribution in [1.29, 1.82) is 0 Å². The first-order valence-corrected chi connectivity index (χ1v) is 7.11. The molecule has 0 aliphatic carbocycles. The van der Waals surface area contributed by atoms with E-state index in [4.69, 9.17) is 9.84 Å².